The first-order valence-corrected chi connectivity index (χ1v) is 12.9. The topological polar surface area (TPSA) is 131 Å². The molecule has 0 aliphatic rings. The molecule has 34 heavy (non-hydrogen) atoms. The third-order valence-electron chi connectivity index (χ3n) is 5.03. The van der Waals surface area contributed by atoms with Crippen LogP contribution in [0.25, 0.3) is 0 Å². The minimum Gasteiger partial charge on any atom is -0.298 e. The molecule has 14 heteroatoms. The first kappa shape index (κ1) is 25.7. The first-order chi connectivity index (χ1) is 16.0. The van der Waals surface area contributed by atoms with Crippen molar-refractivity contribution in [3.8, 4) is 0 Å². The highest BCUT2D eigenvalue weighted by atomic mass is 32.2. The van der Waals surface area contributed by atoms with E-state index in [-0.39, 0.29) is 24.7 Å². The largest absolute Gasteiger partial charge is 0.308 e. The molecule has 2 aromatic heterocycles. The zero-order valence-electron chi connectivity index (χ0n) is 19.3. The average Bonchev–Trinajstić information content (AvgIpc) is 3.44. The summed E-state index contributed by atoms with van der Waals surface area (Å²) < 4.78 is 55.1. The maximum absolute atomic E-state index is 12.7. The van der Waals surface area contributed by atoms with Crippen LogP contribution in [0.15, 0.2) is 49.1 Å². The molecular formula is C20H27N7O5S2. The van der Waals surface area contributed by atoms with Gasteiger partial charge in [-0.2, -0.15) is 25.4 Å². The Morgan fingerprint density at radius 1 is 0.765 bits per heavy atom. The molecule has 0 amide bonds. The van der Waals surface area contributed by atoms with Gasteiger partial charge < -0.3 is 0 Å². The highest BCUT2D eigenvalue weighted by molar-refractivity contribution is 7.87. The standard InChI is InChI=1S/C20H27N7O5S2/c1-23(2)33(29,30)26-11-9-21-19(26)14-25(13-17-5-7-18(16-28)8-6-17)15-20-22-10-12-27(20)34(31,32)24(3)4/h5-12,16H,13-15H2,1-4H3. The summed E-state index contributed by atoms with van der Waals surface area (Å²) in [5, 5.41) is 0. The number of benzene rings is 1. The van der Waals surface area contributed by atoms with Crippen LogP contribution in [0.2, 0.25) is 0 Å². The summed E-state index contributed by atoms with van der Waals surface area (Å²) >= 11 is 0. The quantitative estimate of drug-likeness (QED) is 0.340. The number of carbonyl (C=O) groups is 1. The van der Waals surface area contributed by atoms with Crippen LogP contribution in [0.5, 0.6) is 0 Å². The van der Waals surface area contributed by atoms with Crippen molar-refractivity contribution < 1.29 is 21.6 Å². The molecule has 0 saturated carbocycles. The molecule has 0 N–H and O–H groups in total. The zero-order valence-corrected chi connectivity index (χ0v) is 20.9. The van der Waals surface area contributed by atoms with Crippen molar-refractivity contribution >= 4 is 26.7 Å². The predicted molar refractivity (Wildman–Crippen MR) is 125 cm³/mol. The number of nitrogens with zero attached hydrogens (tertiary/aromatic N) is 7. The van der Waals surface area contributed by atoms with Crippen LogP contribution in [-0.2, 0) is 40.1 Å². The van der Waals surface area contributed by atoms with Gasteiger partial charge in [-0.05, 0) is 5.56 Å². The molecule has 0 spiro atoms. The van der Waals surface area contributed by atoms with Crippen molar-refractivity contribution in [2.75, 3.05) is 28.2 Å². The van der Waals surface area contributed by atoms with Crippen LogP contribution in [0.3, 0.4) is 0 Å². The molecule has 1 aromatic carbocycles. The average molecular weight is 510 g/mol. The summed E-state index contributed by atoms with van der Waals surface area (Å²) in [7, 11) is -1.90. The first-order valence-electron chi connectivity index (χ1n) is 10.1. The molecule has 0 atom stereocenters. The molecule has 184 valence electrons. The van der Waals surface area contributed by atoms with Crippen molar-refractivity contribution in [1.29, 1.82) is 0 Å². The van der Waals surface area contributed by atoms with E-state index in [0.29, 0.717) is 12.1 Å². The summed E-state index contributed by atoms with van der Waals surface area (Å²) in [6.07, 6.45) is 6.25. The molecule has 0 fully saturated rings. The number of hydrogen-bond acceptors (Lipinski definition) is 8. The van der Waals surface area contributed by atoms with Gasteiger partial charge in [0, 0.05) is 65.1 Å². The summed E-state index contributed by atoms with van der Waals surface area (Å²) in [5.74, 6) is 0.513. The van der Waals surface area contributed by atoms with E-state index in [4.69, 9.17) is 0 Å². The Hall–Kier alpha value is -2.91. The van der Waals surface area contributed by atoms with Gasteiger partial charge in [-0.25, -0.2) is 17.9 Å². The Kier molecular flexibility index (Phi) is 7.67. The summed E-state index contributed by atoms with van der Waals surface area (Å²) in [5.41, 5.74) is 1.36. The Labute approximate surface area is 199 Å². The van der Waals surface area contributed by atoms with Crippen molar-refractivity contribution in [1.82, 2.24) is 31.4 Å². The highest BCUT2D eigenvalue weighted by Crippen LogP contribution is 2.17. The molecular weight excluding hydrogens is 482 g/mol. The van der Waals surface area contributed by atoms with E-state index in [1.807, 2.05) is 4.90 Å². The molecule has 0 unspecified atom stereocenters. The molecule has 3 rings (SSSR count). The van der Waals surface area contributed by atoms with Gasteiger partial charge in [0.2, 0.25) is 0 Å². The minimum absolute atomic E-state index is 0.0877. The molecule has 3 aromatic rings. The lowest BCUT2D eigenvalue weighted by Gasteiger charge is -2.24. The Morgan fingerprint density at radius 2 is 1.21 bits per heavy atom. The van der Waals surface area contributed by atoms with Gasteiger partial charge in [0.05, 0.1) is 13.1 Å². The molecule has 12 nitrogen and oxygen atoms in total. The van der Waals surface area contributed by atoms with E-state index >= 15 is 0 Å². The monoisotopic (exact) mass is 509 g/mol. The number of hydrogen-bond donors (Lipinski definition) is 0. The fraction of sp³-hybridized carbons (Fsp3) is 0.350. The van der Waals surface area contributed by atoms with E-state index in [1.54, 1.807) is 24.3 Å². The molecule has 0 bridgehead atoms. The molecule has 0 saturated heterocycles. The number of aldehydes is 1. The van der Waals surface area contributed by atoms with Crippen LogP contribution in [-0.4, -0.2) is 82.7 Å². The Bertz CT molecular complexity index is 1270. The van der Waals surface area contributed by atoms with E-state index in [9.17, 15) is 21.6 Å². The van der Waals surface area contributed by atoms with E-state index in [0.717, 1.165) is 28.4 Å². The maximum Gasteiger partial charge on any atom is 0.308 e. The van der Waals surface area contributed by atoms with Crippen LogP contribution in [0, 0.1) is 0 Å². The Balaban J connectivity index is 1.98. The lowest BCUT2D eigenvalue weighted by Crippen LogP contribution is -2.34. The second-order valence-corrected chi connectivity index (χ2v) is 11.9. The summed E-state index contributed by atoms with van der Waals surface area (Å²) in [6.45, 7) is 0.498. The highest BCUT2D eigenvalue weighted by Gasteiger charge is 2.24. The fourth-order valence-electron chi connectivity index (χ4n) is 3.17. The second kappa shape index (κ2) is 10.1. The summed E-state index contributed by atoms with van der Waals surface area (Å²) in [6, 6.07) is 6.91. The SMILES string of the molecule is CN(C)S(=O)(=O)n1ccnc1CN(Cc1ccc(C=O)cc1)Cc1nccn1S(=O)(=O)N(C)C. The molecule has 2 heterocycles. The number of imidazole rings is 2. The lowest BCUT2D eigenvalue weighted by atomic mass is 10.1. The van der Waals surface area contributed by atoms with Crippen molar-refractivity contribution in [3.05, 3.63) is 71.8 Å². The van der Waals surface area contributed by atoms with Crippen molar-refractivity contribution in [2.24, 2.45) is 0 Å². The number of aromatic nitrogens is 4. The van der Waals surface area contributed by atoms with E-state index in [1.165, 1.54) is 53.0 Å². The van der Waals surface area contributed by atoms with Crippen LogP contribution in [0.1, 0.15) is 27.6 Å². The summed E-state index contributed by atoms with van der Waals surface area (Å²) in [4.78, 5) is 21.2. The maximum atomic E-state index is 12.7. The Morgan fingerprint density at radius 3 is 1.59 bits per heavy atom. The van der Waals surface area contributed by atoms with Crippen molar-refractivity contribution in [2.45, 2.75) is 19.6 Å². The van der Waals surface area contributed by atoms with Gasteiger partial charge in [-0.15, -0.1) is 0 Å². The predicted octanol–water partition coefficient (Wildman–Crippen LogP) is 0.404. The van der Waals surface area contributed by atoms with Gasteiger partial charge in [0.25, 0.3) is 0 Å². The van der Waals surface area contributed by atoms with E-state index < -0.39 is 20.4 Å². The van der Waals surface area contributed by atoms with Crippen LogP contribution in [0.4, 0.5) is 0 Å². The van der Waals surface area contributed by atoms with E-state index in [2.05, 4.69) is 9.97 Å². The van der Waals surface area contributed by atoms with Gasteiger partial charge in [0.1, 0.15) is 17.9 Å². The zero-order chi connectivity index (χ0) is 25.1. The van der Waals surface area contributed by atoms with Gasteiger partial charge in [-0.3, -0.25) is 9.69 Å². The molecule has 0 radical (unpaired) electrons. The lowest BCUT2D eigenvalue weighted by molar-refractivity contribution is 0.112. The molecule has 0 aliphatic carbocycles. The number of rotatable bonds is 11. The fourth-order valence-corrected chi connectivity index (χ4v) is 5.03. The number of carbonyl (C=O) groups excluding carboxylic acids is 1. The smallest absolute Gasteiger partial charge is 0.298 e. The van der Waals surface area contributed by atoms with Gasteiger partial charge in [0.15, 0.2) is 0 Å². The van der Waals surface area contributed by atoms with Crippen LogP contribution < -0.4 is 0 Å². The van der Waals surface area contributed by atoms with Crippen LogP contribution >= 0.6 is 0 Å². The van der Waals surface area contributed by atoms with Gasteiger partial charge >= 0.3 is 20.4 Å². The molecule has 0 aliphatic heterocycles. The van der Waals surface area contributed by atoms with Crippen molar-refractivity contribution in [3.63, 3.8) is 0 Å². The normalized spacial score (nSPS) is 12.7. The second-order valence-electron chi connectivity index (χ2n) is 7.86. The third-order valence-corrected chi connectivity index (χ3v) is 8.54. The van der Waals surface area contributed by atoms with Gasteiger partial charge in [-0.1, -0.05) is 24.3 Å². The third kappa shape index (κ3) is 5.42. The minimum atomic E-state index is -3.80.